The van der Waals surface area contributed by atoms with Gasteiger partial charge in [-0.05, 0) is 23.8 Å². The van der Waals surface area contributed by atoms with E-state index in [-0.39, 0.29) is 25.0 Å². The van der Waals surface area contributed by atoms with Crippen LogP contribution in [0.4, 0.5) is 0 Å². The molecule has 7 N–H and O–H groups in total. The van der Waals surface area contributed by atoms with Gasteiger partial charge in [-0.3, -0.25) is 0 Å². The zero-order valence-electron chi connectivity index (χ0n) is 15.0. The van der Waals surface area contributed by atoms with Gasteiger partial charge in [-0.2, -0.15) is 0 Å². The van der Waals surface area contributed by atoms with Gasteiger partial charge in [0.25, 0.3) is 0 Å². The first-order chi connectivity index (χ1) is 13.1. The molecule has 28 heavy (non-hydrogen) atoms. The average Bonchev–Trinajstić information content (AvgIpc) is 2.60. The van der Waals surface area contributed by atoms with Crippen LogP contribution < -0.4 is 0 Å². The Balaban J connectivity index is 1.87. The Hall–Kier alpha value is -1.23. The van der Waals surface area contributed by atoms with Gasteiger partial charge < -0.3 is 40.5 Å². The van der Waals surface area contributed by atoms with E-state index in [0.717, 1.165) is 0 Å². The molecule has 0 bridgehead atoms. The smallest absolute Gasteiger partial charge is 0.116 e. The summed E-state index contributed by atoms with van der Waals surface area (Å²) in [5.41, 5.74) is -2.91. The van der Waals surface area contributed by atoms with Crippen molar-refractivity contribution in [3.63, 3.8) is 0 Å². The minimum atomic E-state index is -1.95. The molecule has 0 spiro atoms. The predicted octanol–water partition coefficient (Wildman–Crippen LogP) is -0.577. The molecule has 0 aromatic heterocycles. The third-order valence-corrected chi connectivity index (χ3v) is 5.63. The molecule has 9 heteroatoms. The van der Waals surface area contributed by atoms with Crippen LogP contribution in [0.5, 0.6) is 0 Å². The SMILES string of the molecule is OC[C@H]1O[C@@H](C2(O)CC(O)=CC(O)(Cc3ccc(Cl)cc3)C2)[C@H](O)[C@@H](O)[C@@H]1O. The first-order valence-electron chi connectivity index (χ1n) is 8.97. The molecule has 156 valence electrons. The molecule has 3 rings (SSSR count). The summed E-state index contributed by atoms with van der Waals surface area (Å²) in [6.45, 7) is -0.644. The number of hydrogen-bond acceptors (Lipinski definition) is 8. The van der Waals surface area contributed by atoms with Crippen molar-refractivity contribution in [1.82, 2.24) is 0 Å². The number of rotatable bonds is 4. The lowest BCUT2D eigenvalue weighted by Gasteiger charge is -2.50. The minimum Gasteiger partial charge on any atom is -0.512 e. The summed E-state index contributed by atoms with van der Waals surface area (Å²) in [4.78, 5) is 0. The van der Waals surface area contributed by atoms with Gasteiger partial charge in [0.2, 0.25) is 0 Å². The maximum atomic E-state index is 11.2. The van der Waals surface area contributed by atoms with Crippen molar-refractivity contribution in [3.05, 3.63) is 46.7 Å². The number of ether oxygens (including phenoxy) is 1. The van der Waals surface area contributed by atoms with Crippen molar-refractivity contribution in [1.29, 1.82) is 0 Å². The Morgan fingerprint density at radius 2 is 1.68 bits per heavy atom. The molecule has 8 nitrogen and oxygen atoms in total. The molecule has 1 saturated heterocycles. The highest BCUT2D eigenvalue weighted by Crippen LogP contribution is 2.42. The van der Waals surface area contributed by atoms with Gasteiger partial charge in [-0.1, -0.05) is 23.7 Å². The average molecular weight is 417 g/mol. The van der Waals surface area contributed by atoms with Gasteiger partial charge in [-0.25, -0.2) is 0 Å². The molecule has 1 aliphatic heterocycles. The normalized spacial score (nSPS) is 41.5. The molecule has 2 aliphatic rings. The van der Waals surface area contributed by atoms with E-state index < -0.39 is 48.3 Å². The van der Waals surface area contributed by atoms with Crippen molar-refractivity contribution < 1.29 is 40.5 Å². The van der Waals surface area contributed by atoms with Crippen LogP contribution in [-0.4, -0.2) is 84.1 Å². The van der Waals surface area contributed by atoms with Gasteiger partial charge in [0, 0.05) is 24.3 Å². The minimum absolute atomic E-state index is 0.0496. The second kappa shape index (κ2) is 7.89. The zero-order valence-corrected chi connectivity index (χ0v) is 15.8. The maximum absolute atomic E-state index is 11.2. The van der Waals surface area contributed by atoms with Crippen LogP contribution in [0.25, 0.3) is 0 Å². The molecule has 1 aromatic rings. The van der Waals surface area contributed by atoms with Crippen molar-refractivity contribution in [2.24, 2.45) is 0 Å². The van der Waals surface area contributed by atoms with E-state index in [1.54, 1.807) is 24.3 Å². The number of benzene rings is 1. The van der Waals surface area contributed by atoms with Gasteiger partial charge >= 0.3 is 0 Å². The molecular weight excluding hydrogens is 392 g/mol. The monoisotopic (exact) mass is 416 g/mol. The number of halogens is 1. The highest BCUT2D eigenvalue weighted by molar-refractivity contribution is 6.30. The van der Waals surface area contributed by atoms with Crippen LogP contribution in [0.1, 0.15) is 18.4 Å². The maximum Gasteiger partial charge on any atom is 0.116 e. The third-order valence-electron chi connectivity index (χ3n) is 5.38. The summed E-state index contributed by atoms with van der Waals surface area (Å²) in [6.07, 6.45) is -6.94. The van der Waals surface area contributed by atoms with Crippen LogP contribution in [0, 0.1) is 0 Å². The molecule has 0 amide bonds. The Labute approximate surface area is 166 Å². The Morgan fingerprint density at radius 1 is 1.04 bits per heavy atom. The summed E-state index contributed by atoms with van der Waals surface area (Å²) < 4.78 is 5.45. The first kappa shape index (κ1) is 21.5. The lowest BCUT2D eigenvalue weighted by atomic mass is 9.71. The fourth-order valence-electron chi connectivity index (χ4n) is 4.13. The molecule has 1 fully saturated rings. The van der Waals surface area contributed by atoms with Crippen LogP contribution in [-0.2, 0) is 11.2 Å². The Morgan fingerprint density at radius 3 is 2.29 bits per heavy atom. The highest BCUT2D eigenvalue weighted by Gasteiger charge is 2.56. The number of aliphatic hydroxyl groups excluding tert-OH is 5. The highest BCUT2D eigenvalue weighted by atomic mass is 35.5. The number of aliphatic hydroxyl groups is 7. The van der Waals surface area contributed by atoms with Crippen LogP contribution in [0.2, 0.25) is 5.02 Å². The Bertz CT molecular complexity index is 723. The molecule has 2 unspecified atom stereocenters. The number of hydrogen-bond donors (Lipinski definition) is 7. The molecule has 0 radical (unpaired) electrons. The molecule has 1 aromatic carbocycles. The second-order valence-corrected chi connectivity index (χ2v) is 8.19. The van der Waals surface area contributed by atoms with E-state index in [4.69, 9.17) is 16.3 Å². The molecule has 1 aliphatic carbocycles. The lowest BCUT2D eigenvalue weighted by Crippen LogP contribution is -2.67. The molecule has 1 heterocycles. The van der Waals surface area contributed by atoms with Crippen molar-refractivity contribution in [3.8, 4) is 0 Å². The summed E-state index contributed by atoms with van der Waals surface area (Å²) >= 11 is 5.86. The second-order valence-electron chi connectivity index (χ2n) is 7.75. The third kappa shape index (κ3) is 4.19. The zero-order chi connectivity index (χ0) is 20.7. The first-order valence-corrected chi connectivity index (χ1v) is 9.35. The topological polar surface area (TPSA) is 151 Å². The summed E-state index contributed by atoms with van der Waals surface area (Å²) in [7, 11) is 0. The predicted molar refractivity (Wildman–Crippen MR) is 98.8 cm³/mol. The molecule has 0 saturated carbocycles. The Kier molecular flexibility index (Phi) is 6.05. The van der Waals surface area contributed by atoms with E-state index in [2.05, 4.69) is 0 Å². The van der Waals surface area contributed by atoms with E-state index in [0.29, 0.717) is 10.6 Å². The van der Waals surface area contributed by atoms with E-state index >= 15 is 0 Å². The van der Waals surface area contributed by atoms with Crippen LogP contribution in [0.15, 0.2) is 36.1 Å². The largest absolute Gasteiger partial charge is 0.512 e. The fraction of sp³-hybridized carbons (Fsp3) is 0.579. The van der Waals surface area contributed by atoms with Crippen LogP contribution in [0.3, 0.4) is 0 Å². The van der Waals surface area contributed by atoms with Gasteiger partial charge in [0.05, 0.1) is 18.0 Å². The molecular formula is C19H25ClO8. The van der Waals surface area contributed by atoms with Gasteiger partial charge in [0.1, 0.15) is 36.1 Å². The van der Waals surface area contributed by atoms with Crippen LogP contribution >= 0.6 is 11.6 Å². The van der Waals surface area contributed by atoms with E-state index in [1.807, 2.05) is 0 Å². The summed E-state index contributed by atoms with van der Waals surface area (Å²) in [5.74, 6) is -0.304. The van der Waals surface area contributed by atoms with Crippen molar-refractivity contribution >= 4 is 11.6 Å². The van der Waals surface area contributed by atoms with Gasteiger partial charge in [0.15, 0.2) is 0 Å². The summed E-state index contributed by atoms with van der Waals surface area (Å²) in [5, 5.41) is 72.6. The quantitative estimate of drug-likeness (QED) is 0.344. The van der Waals surface area contributed by atoms with Crippen molar-refractivity contribution in [2.75, 3.05) is 6.61 Å². The van der Waals surface area contributed by atoms with Crippen molar-refractivity contribution in [2.45, 2.75) is 61.0 Å². The summed E-state index contributed by atoms with van der Waals surface area (Å²) in [6, 6.07) is 6.70. The van der Waals surface area contributed by atoms with E-state index in [1.165, 1.54) is 6.08 Å². The lowest BCUT2D eigenvalue weighted by molar-refractivity contribution is -0.277. The molecule has 7 atom stereocenters. The van der Waals surface area contributed by atoms with E-state index in [9.17, 15) is 35.7 Å². The standard InChI is InChI=1S/C19H25ClO8/c20-11-3-1-10(2-4-11)5-18(26)6-12(22)7-19(27,9-18)17-16(25)15(24)14(23)13(8-21)28-17/h1-4,6,13-17,21-27H,5,7-9H2/t13-,14-,15+,16-,17-,18?,19?/m1/s1. The fourth-order valence-corrected chi connectivity index (χ4v) is 4.26. The van der Waals surface area contributed by atoms with Gasteiger partial charge in [-0.15, -0.1) is 0 Å².